The van der Waals surface area contributed by atoms with Gasteiger partial charge in [-0.15, -0.1) is 0 Å². The van der Waals surface area contributed by atoms with Crippen LogP contribution in [0, 0.1) is 0 Å². The lowest BCUT2D eigenvalue weighted by molar-refractivity contribution is 0.0802. The molecule has 0 saturated carbocycles. The van der Waals surface area contributed by atoms with E-state index in [0.29, 0.717) is 11.6 Å². The highest BCUT2D eigenvalue weighted by atomic mass is 16.3. The number of benzene rings is 1. The monoisotopic (exact) mass is 335 g/mol. The Hall–Kier alpha value is -2.73. The first kappa shape index (κ1) is 15.8. The standard InChI is InChI=1S/C19H21N5O/c1-19(2,25)15-4-5-16(24-8-3-9-24)14-11-21-18(10-13(14)15)23-17-6-7-20-12-22-17/h4-7,10-12,25H,3,8-9H2,1-2H3,(H,20,21,22,23). The highest BCUT2D eigenvalue weighted by Crippen LogP contribution is 2.36. The summed E-state index contributed by atoms with van der Waals surface area (Å²) in [5, 5.41) is 15.9. The average Bonchev–Trinajstić information content (AvgIpc) is 2.53. The Morgan fingerprint density at radius 3 is 2.56 bits per heavy atom. The summed E-state index contributed by atoms with van der Waals surface area (Å²) in [4.78, 5) is 15.0. The molecule has 3 heterocycles. The van der Waals surface area contributed by atoms with Gasteiger partial charge in [0.05, 0.1) is 5.60 Å². The molecule has 1 fully saturated rings. The first-order valence-electron chi connectivity index (χ1n) is 8.46. The van der Waals surface area contributed by atoms with Crippen LogP contribution in [0.25, 0.3) is 10.8 Å². The molecule has 6 heteroatoms. The fraction of sp³-hybridized carbons (Fsp3) is 0.316. The second-order valence-corrected chi connectivity index (χ2v) is 6.87. The van der Waals surface area contributed by atoms with Gasteiger partial charge in [0, 0.05) is 36.6 Å². The van der Waals surface area contributed by atoms with Gasteiger partial charge in [-0.3, -0.25) is 0 Å². The lowest BCUT2D eigenvalue weighted by Crippen LogP contribution is -2.37. The van der Waals surface area contributed by atoms with Crippen molar-refractivity contribution in [2.75, 3.05) is 23.3 Å². The van der Waals surface area contributed by atoms with Crippen molar-refractivity contribution in [2.24, 2.45) is 0 Å². The van der Waals surface area contributed by atoms with Crippen LogP contribution in [0.1, 0.15) is 25.8 Å². The van der Waals surface area contributed by atoms with E-state index in [1.54, 1.807) is 12.3 Å². The minimum Gasteiger partial charge on any atom is -0.386 e. The average molecular weight is 335 g/mol. The number of hydrogen-bond donors (Lipinski definition) is 2. The number of aromatic nitrogens is 3. The first-order chi connectivity index (χ1) is 12.0. The van der Waals surface area contributed by atoms with E-state index in [0.717, 1.165) is 29.4 Å². The molecule has 0 amide bonds. The summed E-state index contributed by atoms with van der Waals surface area (Å²) < 4.78 is 0. The van der Waals surface area contributed by atoms with Gasteiger partial charge in [0.15, 0.2) is 0 Å². The van der Waals surface area contributed by atoms with Crippen LogP contribution in [0.5, 0.6) is 0 Å². The van der Waals surface area contributed by atoms with Crippen molar-refractivity contribution in [1.82, 2.24) is 15.0 Å². The largest absolute Gasteiger partial charge is 0.386 e. The molecule has 6 nitrogen and oxygen atoms in total. The second-order valence-electron chi connectivity index (χ2n) is 6.87. The molecule has 4 rings (SSSR count). The summed E-state index contributed by atoms with van der Waals surface area (Å²) in [5.41, 5.74) is 1.13. The first-order valence-corrected chi connectivity index (χ1v) is 8.46. The molecular formula is C19H21N5O. The smallest absolute Gasteiger partial charge is 0.134 e. The lowest BCUT2D eigenvalue weighted by Gasteiger charge is -2.35. The van der Waals surface area contributed by atoms with E-state index in [1.807, 2.05) is 32.2 Å². The van der Waals surface area contributed by atoms with E-state index < -0.39 is 5.60 Å². The normalized spacial score (nSPS) is 14.4. The topological polar surface area (TPSA) is 74.2 Å². The fourth-order valence-corrected chi connectivity index (χ4v) is 3.15. The van der Waals surface area contributed by atoms with Gasteiger partial charge >= 0.3 is 0 Å². The van der Waals surface area contributed by atoms with Gasteiger partial charge in [-0.25, -0.2) is 15.0 Å². The van der Waals surface area contributed by atoms with Gasteiger partial charge in [0.1, 0.15) is 18.0 Å². The van der Waals surface area contributed by atoms with E-state index in [2.05, 4.69) is 31.2 Å². The minimum atomic E-state index is -0.931. The molecular weight excluding hydrogens is 314 g/mol. The third-order valence-electron chi connectivity index (χ3n) is 4.57. The van der Waals surface area contributed by atoms with Crippen molar-refractivity contribution < 1.29 is 5.11 Å². The van der Waals surface area contributed by atoms with Crippen molar-refractivity contribution >= 4 is 28.1 Å². The maximum atomic E-state index is 10.6. The minimum absolute atomic E-state index is 0.686. The fourth-order valence-electron chi connectivity index (χ4n) is 3.15. The predicted molar refractivity (Wildman–Crippen MR) is 99.1 cm³/mol. The highest BCUT2D eigenvalue weighted by Gasteiger charge is 2.23. The Kier molecular flexibility index (Phi) is 3.77. The summed E-state index contributed by atoms with van der Waals surface area (Å²) in [6.45, 7) is 5.75. The van der Waals surface area contributed by atoms with Gasteiger partial charge in [-0.1, -0.05) is 6.07 Å². The maximum absolute atomic E-state index is 10.6. The molecule has 1 aliphatic heterocycles. The second kappa shape index (κ2) is 5.97. The number of anilines is 3. The van der Waals surface area contributed by atoms with E-state index in [1.165, 1.54) is 18.4 Å². The van der Waals surface area contributed by atoms with Crippen LogP contribution >= 0.6 is 0 Å². The van der Waals surface area contributed by atoms with Crippen LogP contribution < -0.4 is 10.2 Å². The van der Waals surface area contributed by atoms with Crippen LogP contribution in [-0.4, -0.2) is 33.1 Å². The molecule has 0 aliphatic carbocycles. The number of nitrogens with one attached hydrogen (secondary N) is 1. The summed E-state index contributed by atoms with van der Waals surface area (Å²) >= 11 is 0. The summed E-state index contributed by atoms with van der Waals surface area (Å²) in [6, 6.07) is 7.88. The lowest BCUT2D eigenvalue weighted by atomic mass is 9.92. The number of fused-ring (bicyclic) bond motifs is 1. The quantitative estimate of drug-likeness (QED) is 0.763. The van der Waals surface area contributed by atoms with Gasteiger partial charge in [-0.2, -0.15) is 0 Å². The van der Waals surface area contributed by atoms with Crippen molar-refractivity contribution in [3.05, 3.63) is 48.5 Å². The predicted octanol–water partition coefficient (Wildman–Crippen LogP) is 3.21. The molecule has 3 aromatic rings. The molecule has 25 heavy (non-hydrogen) atoms. The zero-order valence-corrected chi connectivity index (χ0v) is 14.4. The Labute approximate surface area is 146 Å². The molecule has 0 spiro atoms. The van der Waals surface area contributed by atoms with Gasteiger partial charge in [0.2, 0.25) is 0 Å². The van der Waals surface area contributed by atoms with E-state index in [4.69, 9.17) is 0 Å². The molecule has 0 bridgehead atoms. The van der Waals surface area contributed by atoms with E-state index in [-0.39, 0.29) is 0 Å². The molecule has 0 radical (unpaired) electrons. The van der Waals surface area contributed by atoms with Crippen LogP contribution in [0.4, 0.5) is 17.3 Å². The van der Waals surface area contributed by atoms with Gasteiger partial charge in [0.25, 0.3) is 0 Å². The Morgan fingerprint density at radius 1 is 1.08 bits per heavy atom. The molecule has 2 aromatic heterocycles. The van der Waals surface area contributed by atoms with Gasteiger partial charge in [-0.05, 0) is 49.4 Å². The van der Waals surface area contributed by atoms with E-state index in [9.17, 15) is 5.11 Å². The SMILES string of the molecule is CC(C)(O)c1ccc(N2CCC2)c2cnc(Nc3ccncn3)cc12. The van der Waals surface area contributed by atoms with Crippen LogP contribution in [0.2, 0.25) is 0 Å². The zero-order valence-electron chi connectivity index (χ0n) is 14.4. The van der Waals surface area contributed by atoms with E-state index >= 15 is 0 Å². The number of nitrogens with zero attached hydrogens (tertiary/aromatic N) is 4. The molecule has 128 valence electrons. The van der Waals surface area contributed by atoms with Crippen molar-refractivity contribution in [1.29, 1.82) is 0 Å². The molecule has 2 N–H and O–H groups in total. The third-order valence-corrected chi connectivity index (χ3v) is 4.57. The Bertz CT molecular complexity index is 901. The van der Waals surface area contributed by atoms with Crippen molar-refractivity contribution in [3.8, 4) is 0 Å². The molecule has 0 atom stereocenters. The molecule has 1 saturated heterocycles. The molecule has 0 unspecified atom stereocenters. The number of hydrogen-bond acceptors (Lipinski definition) is 6. The third kappa shape index (κ3) is 3.00. The van der Waals surface area contributed by atoms with Crippen molar-refractivity contribution in [3.63, 3.8) is 0 Å². The van der Waals surface area contributed by atoms with Crippen molar-refractivity contribution in [2.45, 2.75) is 25.9 Å². The summed E-state index contributed by atoms with van der Waals surface area (Å²) in [5.74, 6) is 1.38. The van der Waals surface area contributed by atoms with Gasteiger partial charge < -0.3 is 15.3 Å². The summed E-state index contributed by atoms with van der Waals surface area (Å²) in [6.07, 6.45) is 6.27. The summed E-state index contributed by atoms with van der Waals surface area (Å²) in [7, 11) is 0. The Morgan fingerprint density at radius 2 is 1.92 bits per heavy atom. The zero-order chi connectivity index (χ0) is 17.4. The number of pyridine rings is 1. The van der Waals surface area contributed by atoms with Crippen LogP contribution in [-0.2, 0) is 5.60 Å². The number of rotatable bonds is 4. The molecule has 1 aromatic carbocycles. The maximum Gasteiger partial charge on any atom is 0.134 e. The Balaban J connectivity index is 1.83. The number of aliphatic hydroxyl groups is 1. The van der Waals surface area contributed by atoms with Crippen LogP contribution in [0.15, 0.2) is 43.0 Å². The highest BCUT2D eigenvalue weighted by molar-refractivity contribution is 5.98. The molecule has 1 aliphatic rings. The van der Waals surface area contributed by atoms with Crippen LogP contribution in [0.3, 0.4) is 0 Å².